The van der Waals surface area contributed by atoms with Gasteiger partial charge in [-0.3, -0.25) is 4.98 Å². The van der Waals surface area contributed by atoms with Crippen molar-refractivity contribution in [1.82, 2.24) is 4.98 Å². The summed E-state index contributed by atoms with van der Waals surface area (Å²) in [5.74, 6) is 0.290. The van der Waals surface area contributed by atoms with Gasteiger partial charge in [0.05, 0.1) is 10.5 Å². The highest BCUT2D eigenvalue weighted by molar-refractivity contribution is 7.20. The van der Waals surface area contributed by atoms with Crippen molar-refractivity contribution in [3.8, 4) is 45.3 Å². The van der Waals surface area contributed by atoms with Gasteiger partial charge in [0.25, 0.3) is 0 Å². The predicted molar refractivity (Wildman–Crippen MR) is 220 cm³/mol. The summed E-state index contributed by atoms with van der Waals surface area (Å²) in [5.41, 5.74) is 6.97. The highest BCUT2D eigenvalue weighted by atomic mass is 32.1. The van der Waals surface area contributed by atoms with E-state index in [4.69, 9.17) is 14.2 Å². The number of nitrogens with zero attached hydrogens (tertiary/aromatic N) is 1. The van der Waals surface area contributed by atoms with Crippen molar-refractivity contribution in [3.63, 3.8) is 0 Å². The smallest absolute Gasteiger partial charge is 0.336 e. The minimum absolute atomic E-state index is 0.0637. The molecule has 0 saturated carbocycles. The van der Waals surface area contributed by atoms with E-state index in [1.165, 1.54) is 35.6 Å². The molecule has 0 radical (unpaired) electrons. The zero-order chi connectivity index (χ0) is 38.3. The molecule has 6 nitrogen and oxygen atoms in total. The van der Waals surface area contributed by atoms with E-state index in [1.54, 1.807) is 30.6 Å². The highest BCUT2D eigenvalue weighted by Gasteiger charge is 2.21. The van der Waals surface area contributed by atoms with Gasteiger partial charge in [-0.1, -0.05) is 109 Å². The molecule has 0 aliphatic rings. The predicted octanol–water partition coefficient (Wildman–Crippen LogP) is 12.3. The Bertz CT molecular complexity index is 2610. The fourth-order valence-electron chi connectivity index (χ4n) is 6.25. The Labute approximate surface area is 327 Å². The van der Waals surface area contributed by atoms with Crippen LogP contribution in [0.15, 0.2) is 170 Å². The van der Waals surface area contributed by atoms with E-state index in [0.717, 1.165) is 38.1 Å². The molecular formula is C48H34FNO5S. The zero-order valence-electron chi connectivity index (χ0n) is 30.0. The van der Waals surface area contributed by atoms with Crippen molar-refractivity contribution < 1.29 is 28.5 Å². The molecule has 0 spiro atoms. The van der Waals surface area contributed by atoms with Crippen LogP contribution >= 0.6 is 11.3 Å². The van der Waals surface area contributed by atoms with Crippen LogP contribution in [0.25, 0.3) is 44.0 Å². The third-order valence-electron chi connectivity index (χ3n) is 9.18. The standard InChI is InChI=1S/C48H34FNO5S/c49-39-19-21-40(22-20-39)55-47-42-27-43(53-30-32-11-15-36(16-12-32)34-7-3-1-4-8-34)44(54-31-33-13-17-37(18-14-33)35-9-5-2-6-10-35)29-45(42)56-46(47)28-41(48(51)52)38-23-25-50-26-24-38/h1-29H,30-31H2,(H,51,52)/b41-28+. The minimum Gasteiger partial charge on any atom is -0.485 e. The number of rotatable bonds is 13. The molecule has 0 unspecified atom stereocenters. The summed E-state index contributed by atoms with van der Waals surface area (Å²) in [7, 11) is 0. The first-order chi connectivity index (χ1) is 27.5. The van der Waals surface area contributed by atoms with Crippen molar-refractivity contribution in [2.45, 2.75) is 13.2 Å². The number of ether oxygens (including phenoxy) is 3. The number of pyridine rings is 1. The van der Waals surface area contributed by atoms with Crippen LogP contribution in [0.3, 0.4) is 0 Å². The van der Waals surface area contributed by atoms with Crippen LogP contribution in [0.4, 0.5) is 4.39 Å². The Morgan fingerprint density at radius 1 is 0.643 bits per heavy atom. The van der Waals surface area contributed by atoms with E-state index >= 15 is 0 Å². The summed E-state index contributed by atoms with van der Waals surface area (Å²) < 4.78 is 34.1. The van der Waals surface area contributed by atoms with Crippen LogP contribution in [0.5, 0.6) is 23.0 Å². The van der Waals surface area contributed by atoms with Gasteiger partial charge in [0.2, 0.25) is 0 Å². The molecule has 274 valence electrons. The first kappa shape index (κ1) is 36.0. The second-order valence-corrected chi connectivity index (χ2v) is 14.0. The number of carboxylic acids is 1. The van der Waals surface area contributed by atoms with Crippen LogP contribution in [-0.2, 0) is 18.0 Å². The van der Waals surface area contributed by atoms with Gasteiger partial charge in [-0.2, -0.15) is 0 Å². The molecule has 2 heterocycles. The van der Waals surface area contributed by atoms with E-state index in [1.807, 2.05) is 72.8 Å². The zero-order valence-corrected chi connectivity index (χ0v) is 30.8. The second-order valence-electron chi connectivity index (χ2n) is 12.9. The lowest BCUT2D eigenvalue weighted by molar-refractivity contribution is -0.130. The summed E-state index contributed by atoms with van der Waals surface area (Å²) >= 11 is 1.35. The van der Waals surface area contributed by atoms with E-state index in [0.29, 0.717) is 38.8 Å². The van der Waals surface area contributed by atoms with E-state index in [-0.39, 0.29) is 18.8 Å². The van der Waals surface area contributed by atoms with Crippen molar-refractivity contribution in [1.29, 1.82) is 0 Å². The lowest BCUT2D eigenvalue weighted by Gasteiger charge is -2.15. The third kappa shape index (κ3) is 8.36. The number of carboxylic acid groups (broad SMARTS) is 1. The van der Waals surface area contributed by atoms with E-state index in [9.17, 15) is 14.3 Å². The highest BCUT2D eigenvalue weighted by Crippen LogP contribution is 2.47. The molecule has 0 bridgehead atoms. The number of aromatic nitrogens is 1. The van der Waals surface area contributed by atoms with Crippen molar-refractivity contribution in [3.05, 3.63) is 198 Å². The van der Waals surface area contributed by atoms with Crippen molar-refractivity contribution in [2.24, 2.45) is 0 Å². The summed E-state index contributed by atoms with van der Waals surface area (Å²) in [6.45, 7) is 0.546. The number of halogens is 1. The maximum atomic E-state index is 13.9. The molecular weight excluding hydrogens is 722 g/mol. The molecule has 0 fully saturated rings. The van der Waals surface area contributed by atoms with Crippen LogP contribution < -0.4 is 14.2 Å². The molecule has 8 heteroatoms. The Morgan fingerprint density at radius 2 is 1.16 bits per heavy atom. The van der Waals surface area contributed by atoms with E-state index in [2.05, 4.69) is 53.5 Å². The van der Waals surface area contributed by atoms with Crippen LogP contribution in [0.2, 0.25) is 0 Å². The molecule has 0 aliphatic heterocycles. The van der Waals surface area contributed by atoms with Gasteiger partial charge in [0, 0.05) is 28.5 Å². The molecule has 0 amide bonds. The van der Waals surface area contributed by atoms with Gasteiger partial charge in [-0.15, -0.1) is 11.3 Å². The molecule has 8 rings (SSSR count). The number of fused-ring (bicyclic) bond motifs is 1. The molecule has 1 N–H and O–H groups in total. The fraction of sp³-hybridized carbons (Fsp3) is 0.0417. The number of aliphatic carboxylic acids is 1. The summed E-state index contributed by atoms with van der Waals surface area (Å²) in [6.07, 6.45) is 4.68. The molecule has 6 aromatic carbocycles. The van der Waals surface area contributed by atoms with Gasteiger partial charge < -0.3 is 19.3 Å². The molecule has 0 saturated heterocycles. The largest absolute Gasteiger partial charge is 0.485 e. The maximum absolute atomic E-state index is 13.9. The first-order valence-corrected chi connectivity index (χ1v) is 18.7. The first-order valence-electron chi connectivity index (χ1n) is 17.9. The summed E-state index contributed by atoms with van der Waals surface area (Å²) in [5, 5.41) is 11.0. The topological polar surface area (TPSA) is 77.9 Å². The fourth-order valence-corrected chi connectivity index (χ4v) is 7.33. The quantitative estimate of drug-likeness (QED) is 0.118. The number of carbonyl (C=O) groups is 1. The number of hydrogen-bond donors (Lipinski definition) is 1. The Hall–Kier alpha value is -7.03. The lowest BCUT2D eigenvalue weighted by Crippen LogP contribution is -2.01. The SMILES string of the molecule is O=C(O)/C(=C/c1sc2cc(OCc3ccc(-c4ccccc4)cc3)c(OCc3ccc(-c4ccccc4)cc3)cc2c1Oc1ccc(F)cc1)c1ccncc1. The van der Waals surface area contributed by atoms with Crippen molar-refractivity contribution in [2.75, 3.05) is 0 Å². The summed E-state index contributed by atoms with van der Waals surface area (Å²) in [6, 6.07) is 49.6. The molecule has 0 aliphatic carbocycles. The number of thiophene rings is 1. The van der Waals surface area contributed by atoms with E-state index < -0.39 is 11.8 Å². The maximum Gasteiger partial charge on any atom is 0.336 e. The molecule has 8 aromatic rings. The van der Waals surface area contributed by atoms with Crippen LogP contribution in [0.1, 0.15) is 21.6 Å². The monoisotopic (exact) mass is 755 g/mol. The number of benzene rings is 6. The second kappa shape index (κ2) is 16.5. The Balaban J connectivity index is 1.17. The average Bonchev–Trinajstić information content (AvgIpc) is 3.57. The van der Waals surface area contributed by atoms with Gasteiger partial charge in [0.1, 0.15) is 24.8 Å². The van der Waals surface area contributed by atoms with Gasteiger partial charge in [-0.05, 0) is 87.5 Å². The molecule has 0 atom stereocenters. The van der Waals surface area contributed by atoms with Gasteiger partial charge in [-0.25, -0.2) is 9.18 Å². The van der Waals surface area contributed by atoms with Crippen LogP contribution in [0, 0.1) is 5.82 Å². The van der Waals surface area contributed by atoms with Crippen molar-refractivity contribution >= 4 is 39.0 Å². The van der Waals surface area contributed by atoms with Gasteiger partial charge in [0.15, 0.2) is 17.2 Å². The molecule has 56 heavy (non-hydrogen) atoms. The lowest BCUT2D eigenvalue weighted by atomic mass is 10.0. The summed E-state index contributed by atoms with van der Waals surface area (Å²) in [4.78, 5) is 17.2. The number of hydrogen-bond acceptors (Lipinski definition) is 6. The normalized spacial score (nSPS) is 11.3. The molecule has 2 aromatic heterocycles. The Kier molecular flexibility index (Phi) is 10.6. The van der Waals surface area contributed by atoms with Gasteiger partial charge >= 0.3 is 5.97 Å². The third-order valence-corrected chi connectivity index (χ3v) is 10.3. The van der Waals surface area contributed by atoms with Crippen LogP contribution in [-0.4, -0.2) is 16.1 Å². The average molecular weight is 756 g/mol. The minimum atomic E-state index is -1.11. The Morgan fingerprint density at radius 3 is 1.70 bits per heavy atom.